The number of rotatable bonds is 5. The van der Waals surface area contributed by atoms with Crippen LogP contribution in [0.2, 0.25) is 0 Å². The monoisotopic (exact) mass is 322 g/mol. The minimum absolute atomic E-state index is 0.0609. The molecule has 0 saturated heterocycles. The molecule has 122 valence electrons. The standard InChI is InChI=1S/C19H18N2O3/c1-21(15-5-3-2-4-6-15)19(24)10-9-17(22)13-7-8-16-14(11-13)12-18(23)20-16/h2-8,11H,9-10,12H2,1H3,(H,20,23). The number of para-hydroxylation sites is 1. The maximum absolute atomic E-state index is 12.3. The molecule has 24 heavy (non-hydrogen) atoms. The van der Waals surface area contributed by atoms with Crippen molar-refractivity contribution < 1.29 is 14.4 Å². The molecule has 0 aliphatic carbocycles. The van der Waals surface area contributed by atoms with Gasteiger partial charge in [0.25, 0.3) is 0 Å². The van der Waals surface area contributed by atoms with Crippen molar-refractivity contribution in [3.05, 3.63) is 59.7 Å². The summed E-state index contributed by atoms with van der Waals surface area (Å²) in [5, 5.41) is 2.74. The minimum Gasteiger partial charge on any atom is -0.326 e. The fourth-order valence-corrected chi connectivity index (χ4v) is 2.73. The van der Waals surface area contributed by atoms with Gasteiger partial charge in [-0.25, -0.2) is 0 Å². The summed E-state index contributed by atoms with van der Waals surface area (Å²) in [6.07, 6.45) is 0.598. The molecule has 0 fully saturated rings. The van der Waals surface area contributed by atoms with Gasteiger partial charge in [-0.05, 0) is 35.9 Å². The van der Waals surface area contributed by atoms with Gasteiger partial charge in [0.2, 0.25) is 11.8 Å². The first kappa shape index (κ1) is 15.9. The summed E-state index contributed by atoms with van der Waals surface area (Å²) >= 11 is 0. The van der Waals surface area contributed by atoms with Crippen LogP contribution < -0.4 is 10.2 Å². The number of amides is 2. The van der Waals surface area contributed by atoms with E-state index in [1.807, 2.05) is 30.3 Å². The third-order valence-electron chi connectivity index (χ3n) is 4.14. The molecule has 0 saturated carbocycles. The molecule has 1 N–H and O–H groups in total. The van der Waals surface area contributed by atoms with Gasteiger partial charge < -0.3 is 10.2 Å². The maximum atomic E-state index is 12.3. The van der Waals surface area contributed by atoms with Crippen molar-refractivity contribution in [1.29, 1.82) is 0 Å². The van der Waals surface area contributed by atoms with Gasteiger partial charge in [0, 0.05) is 36.8 Å². The molecule has 5 heteroatoms. The van der Waals surface area contributed by atoms with E-state index in [-0.39, 0.29) is 30.4 Å². The Kier molecular flexibility index (Phi) is 4.42. The van der Waals surface area contributed by atoms with Crippen molar-refractivity contribution in [2.45, 2.75) is 19.3 Å². The van der Waals surface area contributed by atoms with Crippen LogP contribution in [-0.2, 0) is 16.0 Å². The lowest BCUT2D eigenvalue weighted by molar-refractivity contribution is -0.118. The molecule has 1 aliphatic heterocycles. The second-order valence-corrected chi connectivity index (χ2v) is 5.81. The summed E-state index contributed by atoms with van der Waals surface area (Å²) in [7, 11) is 1.70. The van der Waals surface area contributed by atoms with E-state index in [1.165, 1.54) is 0 Å². The van der Waals surface area contributed by atoms with Crippen LogP contribution in [0.25, 0.3) is 0 Å². The van der Waals surface area contributed by atoms with Crippen molar-refractivity contribution in [3.63, 3.8) is 0 Å². The molecule has 2 aromatic carbocycles. The number of Topliss-reactive ketones (excluding diaryl/α,β-unsaturated/α-hetero) is 1. The normalized spacial score (nSPS) is 12.5. The predicted octanol–water partition coefficient (Wildman–Crippen LogP) is 2.81. The van der Waals surface area contributed by atoms with E-state index < -0.39 is 0 Å². The highest BCUT2D eigenvalue weighted by Crippen LogP contribution is 2.24. The summed E-state index contributed by atoms with van der Waals surface area (Å²) in [5.74, 6) is -0.256. The number of carbonyl (C=O) groups excluding carboxylic acids is 3. The van der Waals surface area contributed by atoms with E-state index in [1.54, 1.807) is 30.1 Å². The molecule has 1 heterocycles. The molecule has 5 nitrogen and oxygen atoms in total. The zero-order valence-electron chi connectivity index (χ0n) is 13.4. The SMILES string of the molecule is CN(C(=O)CCC(=O)c1ccc2c(c1)CC(=O)N2)c1ccccc1. The largest absolute Gasteiger partial charge is 0.326 e. The van der Waals surface area contributed by atoms with Crippen molar-refractivity contribution in [2.24, 2.45) is 0 Å². The number of hydrogen-bond donors (Lipinski definition) is 1. The highest BCUT2D eigenvalue weighted by molar-refractivity contribution is 6.03. The minimum atomic E-state index is -0.104. The van der Waals surface area contributed by atoms with E-state index in [9.17, 15) is 14.4 Å². The molecule has 0 atom stereocenters. The fraction of sp³-hybridized carbons (Fsp3) is 0.211. The Balaban J connectivity index is 1.61. The van der Waals surface area contributed by atoms with Crippen LogP contribution in [0.3, 0.4) is 0 Å². The molecular weight excluding hydrogens is 304 g/mol. The van der Waals surface area contributed by atoms with Gasteiger partial charge in [-0.15, -0.1) is 0 Å². The summed E-state index contributed by atoms with van der Waals surface area (Å²) in [4.78, 5) is 37.5. The Morgan fingerprint density at radius 2 is 1.83 bits per heavy atom. The Bertz CT molecular complexity index is 800. The predicted molar refractivity (Wildman–Crippen MR) is 92.2 cm³/mol. The number of fused-ring (bicyclic) bond motifs is 1. The molecule has 2 amide bonds. The van der Waals surface area contributed by atoms with E-state index >= 15 is 0 Å². The van der Waals surface area contributed by atoms with Gasteiger partial charge in [0.15, 0.2) is 5.78 Å². The summed E-state index contributed by atoms with van der Waals surface area (Å²) < 4.78 is 0. The smallest absolute Gasteiger partial charge is 0.228 e. The third-order valence-corrected chi connectivity index (χ3v) is 4.14. The first-order valence-electron chi connectivity index (χ1n) is 7.82. The van der Waals surface area contributed by atoms with Crippen LogP contribution in [0.4, 0.5) is 11.4 Å². The molecule has 0 bridgehead atoms. The van der Waals surface area contributed by atoms with Crippen LogP contribution in [0, 0.1) is 0 Å². The van der Waals surface area contributed by atoms with Crippen molar-refractivity contribution in [1.82, 2.24) is 0 Å². The van der Waals surface area contributed by atoms with E-state index in [0.29, 0.717) is 12.0 Å². The molecule has 0 aromatic heterocycles. The average molecular weight is 322 g/mol. The van der Waals surface area contributed by atoms with E-state index in [4.69, 9.17) is 0 Å². The molecule has 1 aliphatic rings. The first-order chi connectivity index (χ1) is 11.5. The zero-order valence-corrected chi connectivity index (χ0v) is 13.4. The van der Waals surface area contributed by atoms with Crippen molar-refractivity contribution in [3.8, 4) is 0 Å². The van der Waals surface area contributed by atoms with Crippen molar-refractivity contribution >= 4 is 29.0 Å². The molecule has 3 rings (SSSR count). The first-order valence-corrected chi connectivity index (χ1v) is 7.82. The average Bonchev–Trinajstić information content (AvgIpc) is 2.98. The Labute approximate surface area is 140 Å². The van der Waals surface area contributed by atoms with Crippen LogP contribution in [-0.4, -0.2) is 24.6 Å². The number of nitrogens with zero attached hydrogens (tertiary/aromatic N) is 1. The third kappa shape index (κ3) is 3.35. The van der Waals surface area contributed by atoms with Gasteiger partial charge in [-0.3, -0.25) is 14.4 Å². The van der Waals surface area contributed by atoms with Crippen LogP contribution in [0.5, 0.6) is 0 Å². The number of anilines is 2. The zero-order chi connectivity index (χ0) is 17.1. The molecule has 0 unspecified atom stereocenters. The number of hydrogen-bond acceptors (Lipinski definition) is 3. The lowest BCUT2D eigenvalue weighted by Crippen LogP contribution is -2.26. The molecular formula is C19H18N2O3. The summed E-state index contributed by atoms with van der Waals surface area (Å²) in [5.41, 5.74) is 2.94. The van der Waals surface area contributed by atoms with Crippen molar-refractivity contribution in [2.75, 3.05) is 17.3 Å². The highest BCUT2D eigenvalue weighted by atomic mass is 16.2. The van der Waals surface area contributed by atoms with Gasteiger partial charge in [0.05, 0.1) is 6.42 Å². The van der Waals surface area contributed by atoms with E-state index in [0.717, 1.165) is 16.9 Å². The summed E-state index contributed by atoms with van der Waals surface area (Å²) in [6.45, 7) is 0. The second kappa shape index (κ2) is 6.66. The highest BCUT2D eigenvalue weighted by Gasteiger charge is 2.20. The summed E-state index contributed by atoms with van der Waals surface area (Å²) in [6, 6.07) is 14.5. The number of carbonyl (C=O) groups is 3. The molecule has 0 spiro atoms. The Morgan fingerprint density at radius 1 is 1.08 bits per heavy atom. The second-order valence-electron chi connectivity index (χ2n) is 5.81. The number of benzene rings is 2. The molecule has 0 radical (unpaired) electrons. The maximum Gasteiger partial charge on any atom is 0.228 e. The lowest BCUT2D eigenvalue weighted by Gasteiger charge is -2.17. The topological polar surface area (TPSA) is 66.5 Å². The van der Waals surface area contributed by atoms with E-state index in [2.05, 4.69) is 5.32 Å². The molecule has 2 aromatic rings. The van der Waals surface area contributed by atoms with Crippen LogP contribution >= 0.6 is 0 Å². The lowest BCUT2D eigenvalue weighted by atomic mass is 10.0. The van der Waals surface area contributed by atoms with Gasteiger partial charge in [-0.2, -0.15) is 0 Å². The Morgan fingerprint density at radius 3 is 2.58 bits per heavy atom. The van der Waals surface area contributed by atoms with Gasteiger partial charge >= 0.3 is 0 Å². The Hall–Kier alpha value is -2.95. The van der Waals surface area contributed by atoms with Crippen LogP contribution in [0.15, 0.2) is 48.5 Å². The number of nitrogens with one attached hydrogen (secondary N) is 1. The quantitative estimate of drug-likeness (QED) is 0.861. The van der Waals surface area contributed by atoms with Gasteiger partial charge in [-0.1, -0.05) is 18.2 Å². The fourth-order valence-electron chi connectivity index (χ4n) is 2.73. The van der Waals surface area contributed by atoms with Crippen LogP contribution in [0.1, 0.15) is 28.8 Å². The number of ketones is 1. The van der Waals surface area contributed by atoms with Gasteiger partial charge in [0.1, 0.15) is 0 Å².